The number of anilines is 1. The molecule has 0 aromatic heterocycles. The predicted octanol–water partition coefficient (Wildman–Crippen LogP) is 0.721. The number of nitrogens with zero attached hydrogens (tertiary/aromatic N) is 2. The Labute approximate surface area is 170 Å². The number of rotatable bonds is 6. The fourth-order valence-corrected chi connectivity index (χ4v) is 4.27. The summed E-state index contributed by atoms with van der Waals surface area (Å²) in [7, 11) is -3.85. The van der Waals surface area contributed by atoms with Gasteiger partial charge in [-0.1, -0.05) is 18.2 Å². The summed E-state index contributed by atoms with van der Waals surface area (Å²) in [5.41, 5.74) is 7.76. The van der Waals surface area contributed by atoms with Crippen LogP contribution in [0, 0.1) is 6.92 Å². The Balaban J connectivity index is 1.63. The third kappa shape index (κ3) is 4.93. The first-order chi connectivity index (χ1) is 13.8. The van der Waals surface area contributed by atoms with Gasteiger partial charge < -0.3 is 15.5 Å². The Morgan fingerprint density at radius 2 is 1.62 bits per heavy atom. The lowest BCUT2D eigenvalue weighted by Crippen LogP contribution is -2.49. The third-order valence-electron chi connectivity index (χ3n) is 4.87. The summed E-state index contributed by atoms with van der Waals surface area (Å²) >= 11 is 0. The minimum absolute atomic E-state index is 0.0281. The zero-order chi connectivity index (χ0) is 21.0. The van der Waals surface area contributed by atoms with E-state index in [-0.39, 0.29) is 10.8 Å². The van der Waals surface area contributed by atoms with Gasteiger partial charge in [0.25, 0.3) is 5.91 Å². The van der Waals surface area contributed by atoms with Crippen LogP contribution in [0.5, 0.6) is 0 Å². The summed E-state index contributed by atoms with van der Waals surface area (Å²) in [5.74, 6) is -0.909. The number of nitrogens with two attached hydrogens (primary N) is 1. The molecule has 9 heteroatoms. The van der Waals surface area contributed by atoms with Crippen molar-refractivity contribution in [1.82, 2.24) is 9.62 Å². The zero-order valence-corrected chi connectivity index (χ0v) is 17.0. The number of benzene rings is 2. The highest BCUT2D eigenvalue weighted by molar-refractivity contribution is 7.89. The van der Waals surface area contributed by atoms with Crippen LogP contribution in [-0.2, 0) is 14.8 Å². The maximum Gasteiger partial charge on any atom is 0.253 e. The van der Waals surface area contributed by atoms with Crippen molar-refractivity contribution in [3.8, 4) is 0 Å². The van der Waals surface area contributed by atoms with Crippen molar-refractivity contribution in [1.29, 1.82) is 0 Å². The average Bonchev–Trinajstić information content (AvgIpc) is 2.72. The number of hydrogen-bond acceptors (Lipinski definition) is 5. The molecule has 1 fully saturated rings. The Kier molecular flexibility index (Phi) is 6.19. The molecule has 1 aliphatic heterocycles. The number of nitrogens with one attached hydrogen (secondary N) is 1. The summed E-state index contributed by atoms with van der Waals surface area (Å²) in [6.45, 7) is 4.25. The number of piperazine rings is 1. The van der Waals surface area contributed by atoms with E-state index >= 15 is 0 Å². The fraction of sp³-hybridized carbons (Fsp3) is 0.300. The number of sulfonamides is 1. The molecule has 1 heterocycles. The van der Waals surface area contributed by atoms with Gasteiger partial charge in [-0.15, -0.1) is 0 Å². The predicted molar refractivity (Wildman–Crippen MR) is 110 cm³/mol. The van der Waals surface area contributed by atoms with E-state index in [2.05, 4.69) is 28.7 Å². The minimum Gasteiger partial charge on any atom is -0.369 e. The number of para-hydroxylation sites is 1. The van der Waals surface area contributed by atoms with Crippen LogP contribution < -0.4 is 15.4 Å². The van der Waals surface area contributed by atoms with Gasteiger partial charge in [0.1, 0.15) is 0 Å². The Morgan fingerprint density at radius 3 is 2.21 bits per heavy atom. The van der Waals surface area contributed by atoms with Crippen LogP contribution in [0.3, 0.4) is 0 Å². The van der Waals surface area contributed by atoms with Gasteiger partial charge in [-0.25, -0.2) is 13.1 Å². The van der Waals surface area contributed by atoms with Gasteiger partial charge in [0.15, 0.2) is 0 Å². The Bertz CT molecular complexity index is 997. The van der Waals surface area contributed by atoms with E-state index in [1.54, 1.807) is 4.90 Å². The lowest BCUT2D eigenvalue weighted by molar-refractivity contribution is -0.116. The van der Waals surface area contributed by atoms with Crippen molar-refractivity contribution in [2.45, 2.75) is 11.8 Å². The average molecular weight is 417 g/mol. The van der Waals surface area contributed by atoms with Gasteiger partial charge in [-0.2, -0.15) is 0 Å². The fourth-order valence-electron chi connectivity index (χ4n) is 3.28. The lowest BCUT2D eigenvalue weighted by atomic mass is 10.1. The molecule has 8 nitrogen and oxygen atoms in total. The van der Waals surface area contributed by atoms with E-state index in [0.717, 1.165) is 13.1 Å². The molecule has 0 radical (unpaired) electrons. The van der Waals surface area contributed by atoms with Crippen molar-refractivity contribution in [2.24, 2.45) is 5.73 Å². The van der Waals surface area contributed by atoms with Crippen LogP contribution in [0.4, 0.5) is 5.69 Å². The first kappa shape index (κ1) is 20.8. The Morgan fingerprint density at radius 1 is 1.00 bits per heavy atom. The largest absolute Gasteiger partial charge is 0.369 e. The second-order valence-corrected chi connectivity index (χ2v) is 8.65. The lowest BCUT2D eigenvalue weighted by Gasteiger charge is -2.36. The summed E-state index contributed by atoms with van der Waals surface area (Å²) in [5, 5.41) is 0. The summed E-state index contributed by atoms with van der Waals surface area (Å²) in [6, 6.07) is 13.8. The van der Waals surface area contributed by atoms with E-state index < -0.39 is 22.5 Å². The highest BCUT2D eigenvalue weighted by Crippen LogP contribution is 2.21. The molecule has 0 aliphatic carbocycles. The first-order valence-electron chi connectivity index (χ1n) is 9.26. The van der Waals surface area contributed by atoms with E-state index in [1.165, 1.54) is 35.5 Å². The molecule has 1 saturated heterocycles. The molecule has 0 atom stereocenters. The van der Waals surface area contributed by atoms with Gasteiger partial charge in [-0.05, 0) is 42.8 Å². The molecule has 0 saturated carbocycles. The normalized spacial score (nSPS) is 14.7. The molecule has 154 valence electrons. The molecule has 29 heavy (non-hydrogen) atoms. The van der Waals surface area contributed by atoms with E-state index in [4.69, 9.17) is 5.73 Å². The smallest absolute Gasteiger partial charge is 0.253 e. The maximum absolute atomic E-state index is 12.8. The molecule has 0 unspecified atom stereocenters. The van der Waals surface area contributed by atoms with Gasteiger partial charge in [0, 0.05) is 37.4 Å². The van der Waals surface area contributed by atoms with Crippen molar-refractivity contribution in [3.63, 3.8) is 0 Å². The number of hydrogen-bond donors (Lipinski definition) is 2. The Hall–Kier alpha value is -2.91. The molecule has 3 rings (SSSR count). The number of aryl methyl sites for hydroxylation is 1. The maximum atomic E-state index is 12.8. The topological polar surface area (TPSA) is 113 Å². The second kappa shape index (κ2) is 8.62. The monoisotopic (exact) mass is 416 g/mol. The van der Waals surface area contributed by atoms with Crippen LogP contribution in [0.15, 0.2) is 53.4 Å². The molecule has 2 aromatic carbocycles. The van der Waals surface area contributed by atoms with E-state index in [9.17, 15) is 18.0 Å². The van der Waals surface area contributed by atoms with Crippen LogP contribution in [0.25, 0.3) is 0 Å². The van der Waals surface area contributed by atoms with Crippen molar-refractivity contribution in [2.75, 3.05) is 37.6 Å². The highest BCUT2D eigenvalue weighted by Gasteiger charge is 2.23. The number of carbonyl (C=O) groups excluding carboxylic acids is 2. The summed E-state index contributed by atoms with van der Waals surface area (Å²) in [6.07, 6.45) is 0. The van der Waals surface area contributed by atoms with Crippen molar-refractivity contribution < 1.29 is 18.0 Å². The van der Waals surface area contributed by atoms with Gasteiger partial charge in [-0.3, -0.25) is 9.59 Å². The standard InChI is InChI=1S/C20H24N4O4S/c1-15-4-2-3-5-18(15)23-10-12-24(13-11-23)20(26)16-6-8-17(9-7-16)29(27,28)22-14-19(21)25/h2-9,22H,10-14H2,1H3,(H2,21,25). The molecular weight excluding hydrogens is 392 g/mol. The zero-order valence-electron chi connectivity index (χ0n) is 16.2. The van der Waals surface area contributed by atoms with Gasteiger partial charge >= 0.3 is 0 Å². The van der Waals surface area contributed by atoms with Crippen LogP contribution in [-0.4, -0.2) is 57.9 Å². The molecule has 0 bridgehead atoms. The molecule has 0 spiro atoms. The van der Waals surface area contributed by atoms with Gasteiger partial charge in [0.2, 0.25) is 15.9 Å². The number of primary amides is 1. The van der Waals surface area contributed by atoms with E-state index in [0.29, 0.717) is 18.7 Å². The SMILES string of the molecule is Cc1ccccc1N1CCN(C(=O)c2ccc(S(=O)(=O)NCC(N)=O)cc2)CC1. The molecule has 2 aromatic rings. The van der Waals surface area contributed by atoms with Crippen LogP contribution >= 0.6 is 0 Å². The van der Waals surface area contributed by atoms with Gasteiger partial charge in [0.05, 0.1) is 11.4 Å². The first-order valence-corrected chi connectivity index (χ1v) is 10.7. The molecule has 3 N–H and O–H groups in total. The molecule has 2 amide bonds. The van der Waals surface area contributed by atoms with Crippen LogP contribution in [0.2, 0.25) is 0 Å². The van der Waals surface area contributed by atoms with Crippen LogP contribution in [0.1, 0.15) is 15.9 Å². The second-order valence-electron chi connectivity index (χ2n) is 6.88. The van der Waals surface area contributed by atoms with Crippen molar-refractivity contribution in [3.05, 3.63) is 59.7 Å². The highest BCUT2D eigenvalue weighted by atomic mass is 32.2. The third-order valence-corrected chi connectivity index (χ3v) is 6.29. The quantitative estimate of drug-likeness (QED) is 0.721. The van der Waals surface area contributed by atoms with E-state index in [1.807, 2.05) is 12.1 Å². The van der Waals surface area contributed by atoms with Crippen molar-refractivity contribution >= 4 is 27.5 Å². The number of amides is 2. The molecule has 1 aliphatic rings. The minimum atomic E-state index is -3.85. The number of carbonyl (C=O) groups is 2. The summed E-state index contributed by atoms with van der Waals surface area (Å²) < 4.78 is 26.3. The summed E-state index contributed by atoms with van der Waals surface area (Å²) in [4.78, 5) is 27.5. The molecular formula is C20H24N4O4S.